The van der Waals surface area contributed by atoms with E-state index in [1.807, 2.05) is 25.7 Å². The van der Waals surface area contributed by atoms with Crippen LogP contribution in [0.1, 0.15) is 26.5 Å². The number of aryl methyl sites for hydroxylation is 1. The molecule has 10 nitrogen and oxygen atoms in total. The lowest BCUT2D eigenvalue weighted by atomic mass is 9.92. The maximum absolute atomic E-state index is 12.4. The van der Waals surface area contributed by atoms with Crippen LogP contribution in [0.25, 0.3) is 11.2 Å². The van der Waals surface area contributed by atoms with Crippen LogP contribution in [-0.2, 0) is 17.3 Å². The number of nitrogens with zero attached hydrogens (tertiary/aromatic N) is 7. The summed E-state index contributed by atoms with van der Waals surface area (Å²) in [7, 11) is 1.78. The number of rotatable bonds is 3. The molecule has 1 saturated heterocycles. The minimum Gasteiger partial charge on any atom is -0.353 e. The first-order chi connectivity index (χ1) is 12.3. The molecule has 136 valence electrons. The first-order valence-corrected chi connectivity index (χ1v) is 8.36. The Bertz CT molecular complexity index is 964. The largest absolute Gasteiger partial charge is 0.353 e. The van der Waals surface area contributed by atoms with Crippen LogP contribution in [0.3, 0.4) is 0 Å². The van der Waals surface area contributed by atoms with Gasteiger partial charge in [0.15, 0.2) is 17.0 Å². The molecule has 0 unspecified atom stereocenters. The van der Waals surface area contributed by atoms with E-state index in [1.54, 1.807) is 17.8 Å². The molecule has 0 aromatic carbocycles. The van der Waals surface area contributed by atoms with Crippen molar-refractivity contribution in [1.29, 1.82) is 0 Å². The number of aromatic nitrogens is 6. The van der Waals surface area contributed by atoms with Crippen LogP contribution < -0.4 is 10.2 Å². The van der Waals surface area contributed by atoms with Crippen molar-refractivity contribution in [2.75, 3.05) is 23.3 Å². The van der Waals surface area contributed by atoms with Gasteiger partial charge >= 0.3 is 0 Å². The van der Waals surface area contributed by atoms with Gasteiger partial charge in [-0.1, -0.05) is 31.1 Å². The molecule has 1 aliphatic rings. The van der Waals surface area contributed by atoms with Gasteiger partial charge in [-0.25, -0.2) is 14.6 Å². The zero-order chi connectivity index (χ0) is 18.5. The maximum atomic E-state index is 12.4. The Kier molecular flexibility index (Phi) is 3.63. The van der Waals surface area contributed by atoms with Gasteiger partial charge in [0, 0.05) is 31.6 Å². The van der Waals surface area contributed by atoms with Crippen molar-refractivity contribution in [3.05, 3.63) is 18.1 Å². The van der Waals surface area contributed by atoms with Crippen molar-refractivity contribution in [2.24, 2.45) is 13.0 Å². The number of anilines is 2. The van der Waals surface area contributed by atoms with Crippen molar-refractivity contribution in [1.82, 2.24) is 30.1 Å². The van der Waals surface area contributed by atoms with E-state index < -0.39 is 0 Å². The third-order valence-electron chi connectivity index (χ3n) is 4.45. The Hall–Kier alpha value is -3.04. The molecule has 0 atom stereocenters. The van der Waals surface area contributed by atoms with Crippen LogP contribution >= 0.6 is 0 Å². The molecule has 0 bridgehead atoms. The van der Waals surface area contributed by atoms with Crippen LogP contribution in [0, 0.1) is 5.92 Å². The fraction of sp³-hybridized carbons (Fsp3) is 0.500. The van der Waals surface area contributed by atoms with E-state index in [4.69, 9.17) is 4.52 Å². The van der Waals surface area contributed by atoms with Gasteiger partial charge in [0.05, 0.1) is 11.6 Å². The highest BCUT2D eigenvalue weighted by molar-refractivity contribution is 5.94. The van der Waals surface area contributed by atoms with Gasteiger partial charge in [0.25, 0.3) is 0 Å². The fourth-order valence-electron chi connectivity index (χ4n) is 2.80. The molecule has 4 rings (SSSR count). The summed E-state index contributed by atoms with van der Waals surface area (Å²) >= 11 is 0. The van der Waals surface area contributed by atoms with Crippen molar-refractivity contribution in [3.8, 4) is 0 Å². The molecule has 0 saturated carbocycles. The monoisotopic (exact) mass is 356 g/mol. The van der Waals surface area contributed by atoms with Crippen molar-refractivity contribution in [3.63, 3.8) is 0 Å². The normalized spacial score (nSPS) is 15.3. The van der Waals surface area contributed by atoms with Gasteiger partial charge in [-0.2, -0.15) is 0 Å². The lowest BCUT2D eigenvalue weighted by Gasteiger charge is -2.38. The van der Waals surface area contributed by atoms with Gasteiger partial charge < -0.3 is 9.42 Å². The molecule has 1 N–H and O–H groups in total. The van der Waals surface area contributed by atoms with Crippen molar-refractivity contribution >= 4 is 28.8 Å². The second-order valence-corrected chi connectivity index (χ2v) is 7.50. The summed E-state index contributed by atoms with van der Waals surface area (Å²) < 4.78 is 6.81. The van der Waals surface area contributed by atoms with Gasteiger partial charge in [0.2, 0.25) is 11.8 Å². The standard InChI is InChI=1S/C16H20N8O2/c1-16(2,3)10-5-11(26-21-10)19-15(25)9-6-24(7-9)14-12-13(17-8-18-14)23(4)22-20-12/h5,8-9H,6-7H2,1-4H3,(H,19,25). The number of amides is 1. The van der Waals surface area contributed by atoms with Crippen LogP contribution in [-0.4, -0.2) is 49.1 Å². The zero-order valence-electron chi connectivity index (χ0n) is 15.1. The molecular formula is C16H20N8O2. The van der Waals surface area contributed by atoms with Crippen LogP contribution in [0.4, 0.5) is 11.7 Å². The molecule has 0 spiro atoms. The van der Waals surface area contributed by atoms with Gasteiger partial charge in [-0.15, -0.1) is 5.10 Å². The highest BCUT2D eigenvalue weighted by Crippen LogP contribution is 2.29. The van der Waals surface area contributed by atoms with E-state index in [0.29, 0.717) is 36.0 Å². The van der Waals surface area contributed by atoms with E-state index in [1.165, 1.54) is 6.33 Å². The lowest BCUT2D eigenvalue weighted by molar-refractivity contribution is -0.120. The first kappa shape index (κ1) is 16.4. The maximum Gasteiger partial charge on any atom is 0.233 e. The second kappa shape index (κ2) is 5.75. The number of hydrogen-bond donors (Lipinski definition) is 1. The smallest absolute Gasteiger partial charge is 0.233 e. The summed E-state index contributed by atoms with van der Waals surface area (Å²) in [5, 5.41) is 14.9. The van der Waals surface area contributed by atoms with Gasteiger partial charge in [-0.05, 0) is 0 Å². The van der Waals surface area contributed by atoms with Crippen LogP contribution in [0.2, 0.25) is 0 Å². The third kappa shape index (κ3) is 2.76. The summed E-state index contributed by atoms with van der Waals surface area (Å²) in [5.74, 6) is 0.820. The molecule has 1 fully saturated rings. The first-order valence-electron chi connectivity index (χ1n) is 8.36. The van der Waals surface area contributed by atoms with E-state index in [-0.39, 0.29) is 17.2 Å². The Morgan fingerprint density at radius 3 is 2.77 bits per heavy atom. The Morgan fingerprint density at radius 2 is 2.08 bits per heavy atom. The number of carbonyl (C=O) groups excluding carboxylic acids is 1. The quantitative estimate of drug-likeness (QED) is 0.742. The predicted octanol–water partition coefficient (Wildman–Crippen LogP) is 1.12. The number of hydrogen-bond acceptors (Lipinski definition) is 8. The molecule has 0 aliphatic carbocycles. The highest BCUT2D eigenvalue weighted by atomic mass is 16.5. The molecule has 3 aromatic heterocycles. The van der Waals surface area contributed by atoms with Gasteiger partial charge in [0.1, 0.15) is 6.33 Å². The average Bonchev–Trinajstić information content (AvgIpc) is 3.14. The SMILES string of the molecule is Cn1nnc2c(N3CC(C(=O)Nc4cc(C(C)(C)C)no4)C3)ncnc21. The summed E-state index contributed by atoms with van der Waals surface area (Å²) in [6.45, 7) is 7.21. The molecule has 3 aromatic rings. The van der Waals surface area contributed by atoms with E-state index in [9.17, 15) is 4.79 Å². The number of nitrogens with one attached hydrogen (secondary N) is 1. The number of fused-ring (bicyclic) bond motifs is 1. The topological polar surface area (TPSA) is 115 Å². The Balaban J connectivity index is 1.41. The minimum absolute atomic E-state index is 0.0951. The lowest BCUT2D eigenvalue weighted by Crippen LogP contribution is -2.52. The van der Waals surface area contributed by atoms with Crippen LogP contribution in [0.5, 0.6) is 0 Å². The highest BCUT2D eigenvalue weighted by Gasteiger charge is 2.35. The second-order valence-electron chi connectivity index (χ2n) is 7.50. The molecule has 10 heteroatoms. The summed E-state index contributed by atoms with van der Waals surface area (Å²) in [6, 6.07) is 1.77. The fourth-order valence-corrected chi connectivity index (χ4v) is 2.80. The Morgan fingerprint density at radius 1 is 1.31 bits per heavy atom. The predicted molar refractivity (Wildman–Crippen MR) is 93.6 cm³/mol. The zero-order valence-corrected chi connectivity index (χ0v) is 15.1. The molecule has 1 aliphatic heterocycles. The van der Waals surface area contributed by atoms with E-state index >= 15 is 0 Å². The van der Waals surface area contributed by atoms with E-state index in [2.05, 4.69) is 30.8 Å². The molecule has 26 heavy (non-hydrogen) atoms. The van der Waals surface area contributed by atoms with E-state index in [0.717, 1.165) is 5.69 Å². The van der Waals surface area contributed by atoms with Gasteiger partial charge in [-0.3, -0.25) is 10.1 Å². The van der Waals surface area contributed by atoms with Crippen molar-refractivity contribution in [2.45, 2.75) is 26.2 Å². The third-order valence-corrected chi connectivity index (χ3v) is 4.45. The average molecular weight is 356 g/mol. The summed E-state index contributed by atoms with van der Waals surface area (Å²) in [4.78, 5) is 22.9. The molecule has 1 amide bonds. The molecule has 4 heterocycles. The summed E-state index contributed by atoms with van der Waals surface area (Å²) in [6.07, 6.45) is 1.48. The molecular weight excluding hydrogens is 336 g/mol. The summed E-state index contributed by atoms with van der Waals surface area (Å²) in [5.41, 5.74) is 1.97. The van der Waals surface area contributed by atoms with Crippen LogP contribution in [0.15, 0.2) is 16.9 Å². The minimum atomic E-state index is -0.153. The molecule has 0 radical (unpaired) electrons. The number of carbonyl (C=O) groups is 1. The Labute approximate surface area is 149 Å². The van der Waals surface area contributed by atoms with Crippen molar-refractivity contribution < 1.29 is 9.32 Å².